The van der Waals surface area contributed by atoms with Crippen molar-refractivity contribution in [2.24, 2.45) is 34.0 Å². The molecule has 0 saturated heterocycles. The molecule has 42 heavy (non-hydrogen) atoms. The molecule has 4 aliphatic carbocycles. The third-order valence-electron chi connectivity index (χ3n) is 11.5. The quantitative estimate of drug-likeness (QED) is 0.270. The van der Waals surface area contributed by atoms with E-state index in [4.69, 9.17) is 9.47 Å². The van der Waals surface area contributed by atoms with E-state index in [1.807, 2.05) is 27.7 Å². The number of aliphatic hydroxyl groups is 2. The Labute approximate surface area is 256 Å². The Morgan fingerprint density at radius 1 is 1.14 bits per heavy atom. The molecule has 3 N–H and O–H groups in total. The number of ether oxygens (including phenoxy) is 2. The van der Waals surface area contributed by atoms with E-state index >= 15 is 0 Å². The van der Waals surface area contributed by atoms with Gasteiger partial charge in [0.1, 0.15) is 17.5 Å². The molecule has 8 nitrogen and oxygen atoms in total. The van der Waals surface area contributed by atoms with Crippen LogP contribution >= 0.6 is 11.8 Å². The Kier molecular flexibility index (Phi) is 9.58. The van der Waals surface area contributed by atoms with E-state index in [1.165, 1.54) is 11.8 Å². The van der Waals surface area contributed by atoms with Gasteiger partial charge < -0.3 is 25.0 Å². The van der Waals surface area contributed by atoms with Crippen LogP contribution in [0, 0.1) is 34.0 Å². The average Bonchev–Trinajstić information content (AvgIpc) is 3.25. The molecule has 4 rings (SSSR count). The lowest BCUT2D eigenvalue weighted by Crippen LogP contribution is -2.63. The minimum absolute atomic E-state index is 0.0718. The van der Waals surface area contributed by atoms with Gasteiger partial charge in [0, 0.05) is 34.5 Å². The number of amides is 1. The zero-order chi connectivity index (χ0) is 31.3. The number of carbonyl (C=O) groups excluding carboxylic acids is 3. The third kappa shape index (κ3) is 6.16. The monoisotopic (exact) mass is 607 g/mol. The highest BCUT2D eigenvalue weighted by Gasteiger charge is 2.68. The van der Waals surface area contributed by atoms with Gasteiger partial charge in [0.05, 0.1) is 18.0 Å². The molecule has 4 fully saturated rings. The Morgan fingerprint density at radius 2 is 1.83 bits per heavy atom. The standard InChI is InChI=1S/C33H53NO7S/c1-9-31(7)17-25(32(8)19(2)12-14-33(20(3)28(31)38)15-13-22(35)27(32)33)40-26(37)18-42-24-11-10-21(16-23(24)36)34-29(39)41-30(4,5)6/h9,19-21,23-25,27-28,36,38H,1,10-18H2,2-8H3,(H,34,39)/t19?,20-,21-,23-,24-,25+,27-,28-,31+,32-,33-/m0/s1. The van der Waals surface area contributed by atoms with Crippen molar-refractivity contribution in [3.63, 3.8) is 0 Å². The van der Waals surface area contributed by atoms with Gasteiger partial charge in [-0.25, -0.2) is 4.79 Å². The third-order valence-corrected chi connectivity index (χ3v) is 12.8. The second-order valence-electron chi connectivity index (χ2n) is 15.1. The number of Topliss-reactive ketones (excluding diaryl/α,β-unsaturated/α-hetero) is 1. The zero-order valence-corrected chi connectivity index (χ0v) is 27.4. The van der Waals surface area contributed by atoms with Crippen molar-refractivity contribution >= 4 is 29.6 Å². The van der Waals surface area contributed by atoms with E-state index in [0.717, 1.165) is 19.3 Å². The Balaban J connectivity index is 1.45. The molecule has 0 spiro atoms. The number of thioether (sulfide) groups is 1. The second-order valence-corrected chi connectivity index (χ2v) is 16.4. The van der Waals surface area contributed by atoms with Gasteiger partial charge in [-0.15, -0.1) is 18.3 Å². The van der Waals surface area contributed by atoms with E-state index in [1.54, 1.807) is 6.08 Å². The molecule has 4 aliphatic rings. The lowest BCUT2D eigenvalue weighted by molar-refractivity contribution is -0.205. The summed E-state index contributed by atoms with van der Waals surface area (Å²) in [5.41, 5.74) is -2.12. The van der Waals surface area contributed by atoms with Gasteiger partial charge in [0.25, 0.3) is 0 Å². The highest BCUT2D eigenvalue weighted by molar-refractivity contribution is 8.00. The van der Waals surface area contributed by atoms with Gasteiger partial charge in [0.15, 0.2) is 0 Å². The number of rotatable bonds is 6. The van der Waals surface area contributed by atoms with E-state index in [0.29, 0.717) is 32.1 Å². The molecule has 1 unspecified atom stereocenters. The maximum atomic E-state index is 13.6. The van der Waals surface area contributed by atoms with Gasteiger partial charge in [-0.05, 0) is 83.0 Å². The summed E-state index contributed by atoms with van der Waals surface area (Å²) in [6.07, 6.45) is 4.63. The summed E-state index contributed by atoms with van der Waals surface area (Å²) in [6.45, 7) is 17.9. The molecule has 9 heteroatoms. The number of hydrogen-bond acceptors (Lipinski definition) is 8. The number of alkyl carbamates (subject to hydrolysis) is 1. The van der Waals surface area contributed by atoms with E-state index in [9.17, 15) is 24.6 Å². The number of hydrogen-bond donors (Lipinski definition) is 3. The molecule has 0 aliphatic heterocycles. The maximum Gasteiger partial charge on any atom is 0.407 e. The van der Waals surface area contributed by atoms with Crippen molar-refractivity contribution in [1.82, 2.24) is 5.32 Å². The minimum atomic E-state index is -0.698. The van der Waals surface area contributed by atoms with Crippen molar-refractivity contribution < 1.29 is 34.1 Å². The SMILES string of the molecule is C=C[C@]1(C)C[C@@H](OC(=O)CS[C@H]2CC[C@H](NC(=O)OC(C)(C)C)C[C@@H]2O)[C@]2(C)C(C)CC[C@]3(CCC(=O)[C@H]32)[C@@H](C)[C@@H]1O. The van der Waals surface area contributed by atoms with Crippen LogP contribution in [0.1, 0.15) is 99.8 Å². The van der Waals surface area contributed by atoms with Crippen molar-refractivity contribution in [3.8, 4) is 0 Å². The van der Waals surface area contributed by atoms with Gasteiger partial charge >= 0.3 is 12.1 Å². The molecule has 2 bridgehead atoms. The lowest BCUT2D eigenvalue weighted by atomic mass is 9.44. The first-order valence-electron chi connectivity index (χ1n) is 15.8. The summed E-state index contributed by atoms with van der Waals surface area (Å²) in [5, 5.41) is 25.2. The molecule has 238 valence electrons. The van der Waals surface area contributed by atoms with Crippen molar-refractivity contribution in [1.29, 1.82) is 0 Å². The predicted molar refractivity (Wildman–Crippen MR) is 164 cm³/mol. The summed E-state index contributed by atoms with van der Waals surface area (Å²) in [4.78, 5) is 39.2. The van der Waals surface area contributed by atoms with Gasteiger partial charge in [0.2, 0.25) is 0 Å². The van der Waals surface area contributed by atoms with Crippen LogP contribution in [0.15, 0.2) is 12.7 Å². The number of aliphatic hydroxyl groups excluding tert-OH is 2. The van der Waals surface area contributed by atoms with Gasteiger partial charge in [-0.3, -0.25) is 9.59 Å². The Bertz CT molecular complexity index is 1060. The number of nitrogens with one attached hydrogen (secondary N) is 1. The predicted octanol–water partition coefficient (Wildman–Crippen LogP) is 5.43. The first kappa shape index (κ1) is 33.3. The zero-order valence-electron chi connectivity index (χ0n) is 26.6. The van der Waals surface area contributed by atoms with Crippen LogP contribution < -0.4 is 5.32 Å². The molecule has 4 saturated carbocycles. The highest BCUT2D eigenvalue weighted by Crippen LogP contribution is 2.68. The molecular formula is C33H53NO7S. The lowest BCUT2D eigenvalue weighted by Gasteiger charge is -2.61. The maximum absolute atomic E-state index is 13.6. The van der Waals surface area contributed by atoms with Gasteiger partial charge in [-0.2, -0.15) is 0 Å². The molecule has 1 amide bonds. The summed E-state index contributed by atoms with van der Waals surface area (Å²) in [5.74, 6) is -0.198. The summed E-state index contributed by atoms with van der Waals surface area (Å²) in [7, 11) is 0. The normalized spacial score (nSPS) is 43.9. The number of carbonyl (C=O) groups is 3. The van der Waals surface area contributed by atoms with E-state index in [2.05, 4.69) is 32.7 Å². The summed E-state index contributed by atoms with van der Waals surface area (Å²) >= 11 is 1.39. The fourth-order valence-corrected chi connectivity index (χ4v) is 9.84. The van der Waals surface area contributed by atoms with Crippen molar-refractivity contribution in [2.45, 2.75) is 135 Å². The molecule has 0 heterocycles. The highest BCUT2D eigenvalue weighted by atomic mass is 32.2. The molecule has 0 aromatic rings. The Morgan fingerprint density at radius 3 is 2.45 bits per heavy atom. The second kappa shape index (κ2) is 12.1. The summed E-state index contributed by atoms with van der Waals surface area (Å²) in [6, 6.07) is -0.184. The molecule has 0 radical (unpaired) electrons. The smallest absolute Gasteiger partial charge is 0.407 e. The van der Waals surface area contributed by atoms with Crippen LogP contribution in [0.3, 0.4) is 0 Å². The fraction of sp³-hybridized carbons (Fsp3) is 0.848. The van der Waals surface area contributed by atoms with Crippen LogP contribution in [0.4, 0.5) is 4.79 Å². The minimum Gasteiger partial charge on any atom is -0.461 e. The average molecular weight is 608 g/mol. The fourth-order valence-electron chi connectivity index (χ4n) is 8.79. The first-order chi connectivity index (χ1) is 19.5. The van der Waals surface area contributed by atoms with E-state index in [-0.39, 0.29) is 52.0 Å². The molecule has 0 aromatic heterocycles. The Hall–Kier alpha value is -1.58. The van der Waals surface area contributed by atoms with Gasteiger partial charge in [-0.1, -0.05) is 33.8 Å². The van der Waals surface area contributed by atoms with Crippen LogP contribution in [0.5, 0.6) is 0 Å². The molecular weight excluding hydrogens is 554 g/mol. The summed E-state index contributed by atoms with van der Waals surface area (Å²) < 4.78 is 11.7. The van der Waals surface area contributed by atoms with Crippen LogP contribution in [-0.4, -0.2) is 69.0 Å². The van der Waals surface area contributed by atoms with E-state index < -0.39 is 40.8 Å². The topological polar surface area (TPSA) is 122 Å². The van der Waals surface area contributed by atoms with Crippen LogP contribution in [0.25, 0.3) is 0 Å². The van der Waals surface area contributed by atoms with Crippen molar-refractivity contribution in [2.75, 3.05) is 5.75 Å². The number of esters is 1. The first-order valence-corrected chi connectivity index (χ1v) is 16.8. The largest absolute Gasteiger partial charge is 0.461 e. The molecule has 11 atom stereocenters. The van der Waals surface area contributed by atoms with Crippen LogP contribution in [-0.2, 0) is 19.1 Å². The van der Waals surface area contributed by atoms with Crippen LogP contribution in [0.2, 0.25) is 0 Å². The molecule has 0 aromatic carbocycles. The van der Waals surface area contributed by atoms with Crippen molar-refractivity contribution in [3.05, 3.63) is 12.7 Å². The number of ketones is 1.